The monoisotopic (exact) mass is 375 g/mol. The van der Waals surface area contributed by atoms with Crippen LogP contribution in [0.25, 0.3) is 10.2 Å². The lowest BCUT2D eigenvalue weighted by Crippen LogP contribution is -2.37. The van der Waals surface area contributed by atoms with E-state index in [-0.39, 0.29) is 5.91 Å². The van der Waals surface area contributed by atoms with Gasteiger partial charge in [0.05, 0.1) is 5.75 Å². The molecule has 2 heterocycles. The average molecular weight is 376 g/mol. The number of amides is 1. The third-order valence-corrected chi connectivity index (χ3v) is 7.36. The molecule has 1 fully saturated rings. The first kappa shape index (κ1) is 17.3. The molecule has 0 radical (unpaired) electrons. The summed E-state index contributed by atoms with van der Waals surface area (Å²) in [6.45, 7) is 1.95. The van der Waals surface area contributed by atoms with Crippen LogP contribution in [0.2, 0.25) is 0 Å². The molecule has 134 valence electrons. The number of carbonyl (C=O) groups is 1. The molecule has 4 nitrogen and oxygen atoms in total. The Hall–Kier alpha value is -1.14. The van der Waals surface area contributed by atoms with Crippen molar-refractivity contribution < 1.29 is 4.79 Å². The third kappa shape index (κ3) is 3.85. The minimum Gasteiger partial charge on any atom is -0.353 e. The number of rotatable bonds is 4. The van der Waals surface area contributed by atoms with Crippen LogP contribution >= 0.6 is 23.1 Å². The zero-order valence-corrected chi connectivity index (χ0v) is 16.4. The fourth-order valence-corrected chi connectivity index (χ4v) is 6.26. The Bertz CT molecular complexity index is 781. The van der Waals surface area contributed by atoms with Crippen molar-refractivity contribution in [1.29, 1.82) is 0 Å². The van der Waals surface area contributed by atoms with Crippen molar-refractivity contribution in [3.05, 3.63) is 16.3 Å². The first-order valence-corrected chi connectivity index (χ1v) is 11.2. The Morgan fingerprint density at radius 2 is 1.96 bits per heavy atom. The van der Waals surface area contributed by atoms with E-state index in [0.717, 1.165) is 34.9 Å². The molecular formula is C19H25N3OS2. The van der Waals surface area contributed by atoms with Gasteiger partial charge in [-0.15, -0.1) is 11.3 Å². The molecule has 0 bridgehead atoms. The quantitative estimate of drug-likeness (QED) is 0.635. The van der Waals surface area contributed by atoms with Gasteiger partial charge in [0.15, 0.2) is 0 Å². The van der Waals surface area contributed by atoms with Gasteiger partial charge in [0.2, 0.25) is 5.91 Å². The van der Waals surface area contributed by atoms with E-state index in [0.29, 0.717) is 11.8 Å². The van der Waals surface area contributed by atoms with E-state index in [9.17, 15) is 4.79 Å². The lowest BCUT2D eigenvalue weighted by atomic mass is 9.95. The molecule has 25 heavy (non-hydrogen) atoms. The van der Waals surface area contributed by atoms with E-state index in [4.69, 9.17) is 0 Å². The van der Waals surface area contributed by atoms with Gasteiger partial charge in [0.1, 0.15) is 15.7 Å². The molecule has 0 spiro atoms. The second kappa shape index (κ2) is 7.62. The minimum absolute atomic E-state index is 0.144. The summed E-state index contributed by atoms with van der Waals surface area (Å²) in [5.41, 5.74) is 1.45. The van der Waals surface area contributed by atoms with Gasteiger partial charge < -0.3 is 5.32 Å². The molecule has 1 amide bonds. The van der Waals surface area contributed by atoms with E-state index in [2.05, 4.69) is 15.3 Å². The molecule has 0 unspecified atom stereocenters. The van der Waals surface area contributed by atoms with Crippen molar-refractivity contribution >= 4 is 39.2 Å². The van der Waals surface area contributed by atoms with E-state index < -0.39 is 0 Å². The topological polar surface area (TPSA) is 54.9 Å². The summed E-state index contributed by atoms with van der Waals surface area (Å²) in [5.74, 6) is 1.40. The molecule has 0 aromatic carbocycles. The fourth-order valence-electron chi connectivity index (χ4n) is 3.98. The maximum Gasteiger partial charge on any atom is 0.230 e. The van der Waals surface area contributed by atoms with Crippen LogP contribution in [-0.2, 0) is 17.6 Å². The summed E-state index contributed by atoms with van der Waals surface area (Å²) in [4.78, 5) is 24.3. The largest absolute Gasteiger partial charge is 0.353 e. The van der Waals surface area contributed by atoms with E-state index >= 15 is 0 Å². The molecule has 1 N–H and O–H groups in total. The summed E-state index contributed by atoms with van der Waals surface area (Å²) >= 11 is 3.41. The van der Waals surface area contributed by atoms with Crippen LogP contribution in [-0.4, -0.2) is 27.7 Å². The molecule has 0 atom stereocenters. The molecular weight excluding hydrogens is 350 g/mol. The number of fused-ring (bicyclic) bond motifs is 3. The van der Waals surface area contributed by atoms with Gasteiger partial charge in [-0.3, -0.25) is 4.79 Å². The van der Waals surface area contributed by atoms with Crippen LogP contribution in [0.15, 0.2) is 5.03 Å². The van der Waals surface area contributed by atoms with Gasteiger partial charge in [0, 0.05) is 16.3 Å². The predicted octanol–water partition coefficient (Wildman–Crippen LogP) is 4.42. The number of nitrogens with zero attached hydrogens (tertiary/aromatic N) is 2. The maximum absolute atomic E-state index is 12.4. The summed E-state index contributed by atoms with van der Waals surface area (Å²) in [6.07, 6.45) is 10.9. The smallest absolute Gasteiger partial charge is 0.230 e. The highest BCUT2D eigenvalue weighted by Gasteiger charge is 2.22. The van der Waals surface area contributed by atoms with Gasteiger partial charge in [-0.05, 0) is 51.0 Å². The number of aryl methyl sites for hydroxylation is 3. The van der Waals surface area contributed by atoms with Crippen molar-refractivity contribution in [2.24, 2.45) is 0 Å². The number of thiophene rings is 1. The van der Waals surface area contributed by atoms with Gasteiger partial charge >= 0.3 is 0 Å². The van der Waals surface area contributed by atoms with Crippen LogP contribution in [0, 0.1) is 6.92 Å². The maximum atomic E-state index is 12.4. The zero-order chi connectivity index (χ0) is 17.2. The van der Waals surface area contributed by atoms with Crippen LogP contribution in [0.1, 0.15) is 61.2 Å². The molecule has 4 rings (SSSR count). The number of nitrogens with one attached hydrogen (secondary N) is 1. The van der Waals surface area contributed by atoms with Crippen LogP contribution in [0.4, 0.5) is 0 Å². The van der Waals surface area contributed by atoms with Crippen molar-refractivity contribution in [2.75, 3.05) is 5.75 Å². The van der Waals surface area contributed by atoms with Crippen molar-refractivity contribution in [1.82, 2.24) is 15.3 Å². The van der Waals surface area contributed by atoms with Crippen molar-refractivity contribution in [3.8, 4) is 0 Å². The van der Waals surface area contributed by atoms with Gasteiger partial charge in [-0.2, -0.15) is 0 Å². The first-order chi connectivity index (χ1) is 12.2. The summed E-state index contributed by atoms with van der Waals surface area (Å²) in [6, 6.07) is 0.378. The third-order valence-electron chi connectivity index (χ3n) is 5.20. The van der Waals surface area contributed by atoms with Crippen molar-refractivity contribution in [2.45, 2.75) is 75.8 Å². The SMILES string of the molecule is Cc1nc(SCC(=O)NC2CCCCC2)c2c3c(sc2n1)CCCC3. The predicted molar refractivity (Wildman–Crippen MR) is 105 cm³/mol. The normalized spacial score (nSPS) is 18.3. The number of carbonyl (C=O) groups excluding carboxylic acids is 1. The molecule has 0 aliphatic heterocycles. The summed E-state index contributed by atoms with van der Waals surface area (Å²) in [5, 5.41) is 5.43. The van der Waals surface area contributed by atoms with Gasteiger partial charge in [-0.1, -0.05) is 31.0 Å². The number of thioether (sulfide) groups is 1. The Morgan fingerprint density at radius 1 is 1.16 bits per heavy atom. The highest BCUT2D eigenvalue weighted by Crippen LogP contribution is 2.39. The second-order valence-corrected chi connectivity index (χ2v) is 9.21. The molecule has 2 aliphatic carbocycles. The van der Waals surface area contributed by atoms with E-state index in [1.165, 1.54) is 54.4 Å². The fraction of sp³-hybridized carbons (Fsp3) is 0.632. The number of aromatic nitrogens is 2. The Labute approximate surface area is 157 Å². The standard InChI is InChI=1S/C19H25N3OS2/c1-12-20-18(24-11-16(23)22-13-7-3-2-4-8-13)17-14-9-5-6-10-15(14)25-19(17)21-12/h13H,2-11H2,1H3,(H,22,23). The highest BCUT2D eigenvalue weighted by molar-refractivity contribution is 8.00. The van der Waals surface area contributed by atoms with Crippen LogP contribution in [0.3, 0.4) is 0 Å². The molecule has 2 aliphatic rings. The number of hydrogen-bond donors (Lipinski definition) is 1. The van der Waals surface area contributed by atoms with Gasteiger partial charge in [-0.25, -0.2) is 9.97 Å². The average Bonchev–Trinajstić information content (AvgIpc) is 2.98. The van der Waals surface area contributed by atoms with Crippen molar-refractivity contribution in [3.63, 3.8) is 0 Å². The lowest BCUT2D eigenvalue weighted by molar-refractivity contribution is -0.119. The first-order valence-electron chi connectivity index (χ1n) is 9.42. The highest BCUT2D eigenvalue weighted by atomic mass is 32.2. The van der Waals surface area contributed by atoms with Crippen LogP contribution < -0.4 is 5.32 Å². The summed E-state index contributed by atoms with van der Waals surface area (Å²) < 4.78 is 0. The van der Waals surface area contributed by atoms with E-state index in [1.54, 1.807) is 11.8 Å². The zero-order valence-electron chi connectivity index (χ0n) is 14.8. The second-order valence-electron chi connectivity index (χ2n) is 7.16. The molecule has 2 aromatic heterocycles. The summed E-state index contributed by atoms with van der Waals surface area (Å²) in [7, 11) is 0. The van der Waals surface area contributed by atoms with Crippen LogP contribution in [0.5, 0.6) is 0 Å². The lowest BCUT2D eigenvalue weighted by Gasteiger charge is -2.22. The Morgan fingerprint density at radius 3 is 2.80 bits per heavy atom. The Balaban J connectivity index is 1.50. The molecule has 1 saturated carbocycles. The molecule has 6 heteroatoms. The molecule has 0 saturated heterocycles. The van der Waals surface area contributed by atoms with Gasteiger partial charge in [0.25, 0.3) is 0 Å². The number of hydrogen-bond acceptors (Lipinski definition) is 5. The Kier molecular flexibility index (Phi) is 5.27. The molecule has 2 aromatic rings. The minimum atomic E-state index is 0.144. The van der Waals surface area contributed by atoms with E-state index in [1.807, 2.05) is 18.3 Å².